The van der Waals surface area contributed by atoms with E-state index in [0.717, 1.165) is 62.6 Å². The molecule has 3 rings (SSSR count). The van der Waals surface area contributed by atoms with Crippen LogP contribution in [-0.4, -0.2) is 54.8 Å². The zero-order valence-corrected chi connectivity index (χ0v) is 15.8. The molecule has 0 unspecified atom stereocenters. The Hall–Kier alpha value is -2.11. The third-order valence-electron chi connectivity index (χ3n) is 4.90. The molecule has 1 fully saturated rings. The molecule has 0 atom stereocenters. The van der Waals surface area contributed by atoms with Crippen LogP contribution >= 0.6 is 0 Å². The van der Waals surface area contributed by atoms with E-state index in [0.29, 0.717) is 6.54 Å². The van der Waals surface area contributed by atoms with Crippen LogP contribution in [0, 0.1) is 6.92 Å². The second kappa shape index (κ2) is 9.01. The van der Waals surface area contributed by atoms with Gasteiger partial charge in [-0.15, -0.1) is 0 Å². The molecule has 0 bridgehead atoms. The topological polar surface area (TPSA) is 46.5 Å². The molecule has 26 heavy (non-hydrogen) atoms. The van der Waals surface area contributed by atoms with Gasteiger partial charge in [0.05, 0.1) is 13.2 Å². The highest BCUT2D eigenvalue weighted by Crippen LogP contribution is 2.23. The predicted molar refractivity (Wildman–Crippen MR) is 104 cm³/mol. The molecule has 1 amide bonds. The summed E-state index contributed by atoms with van der Waals surface area (Å²) in [6.07, 6.45) is 3.02. The summed E-state index contributed by atoms with van der Waals surface area (Å²) < 4.78 is 7.38. The Morgan fingerprint density at radius 1 is 1.15 bits per heavy atom. The van der Waals surface area contributed by atoms with Crippen molar-refractivity contribution in [2.24, 2.45) is 0 Å². The number of benzene rings is 1. The van der Waals surface area contributed by atoms with Crippen molar-refractivity contribution in [1.82, 2.24) is 14.8 Å². The number of aromatic nitrogens is 1. The Bertz CT molecular complexity index is 715. The zero-order valence-electron chi connectivity index (χ0n) is 15.8. The van der Waals surface area contributed by atoms with Crippen LogP contribution < -0.4 is 5.32 Å². The van der Waals surface area contributed by atoms with Crippen LogP contribution in [0.2, 0.25) is 0 Å². The number of carbonyl (C=O) groups excluding carboxylic acids is 1. The van der Waals surface area contributed by atoms with E-state index >= 15 is 0 Å². The summed E-state index contributed by atoms with van der Waals surface area (Å²) in [4.78, 5) is 15.0. The van der Waals surface area contributed by atoms with Gasteiger partial charge >= 0.3 is 0 Å². The van der Waals surface area contributed by atoms with E-state index in [1.807, 2.05) is 10.6 Å². The number of carbonyl (C=O) groups is 1. The van der Waals surface area contributed by atoms with Gasteiger partial charge in [-0.3, -0.25) is 9.69 Å². The van der Waals surface area contributed by atoms with Gasteiger partial charge in [-0.2, -0.15) is 0 Å². The third-order valence-corrected chi connectivity index (χ3v) is 4.90. The molecule has 1 N–H and O–H groups in total. The molecule has 0 saturated carbocycles. The van der Waals surface area contributed by atoms with Crippen molar-refractivity contribution in [3.63, 3.8) is 0 Å². The molecule has 0 radical (unpaired) electrons. The molecule has 1 aliphatic heterocycles. The van der Waals surface area contributed by atoms with Gasteiger partial charge in [0.15, 0.2) is 0 Å². The van der Waals surface area contributed by atoms with Crippen molar-refractivity contribution in [2.45, 2.75) is 26.8 Å². The number of morpholine rings is 1. The molecule has 1 saturated heterocycles. The summed E-state index contributed by atoms with van der Waals surface area (Å²) in [5.41, 5.74) is 4.20. The average Bonchev–Trinajstić information content (AvgIpc) is 3.11. The Morgan fingerprint density at radius 2 is 1.88 bits per heavy atom. The Kier molecular flexibility index (Phi) is 6.47. The van der Waals surface area contributed by atoms with Crippen LogP contribution in [0.15, 0.2) is 36.5 Å². The van der Waals surface area contributed by atoms with Gasteiger partial charge in [0, 0.05) is 37.9 Å². The summed E-state index contributed by atoms with van der Waals surface area (Å²) >= 11 is 0. The molecular weight excluding hydrogens is 326 g/mol. The normalized spacial score (nSPS) is 15.2. The fourth-order valence-corrected chi connectivity index (χ4v) is 3.29. The predicted octanol–water partition coefficient (Wildman–Crippen LogP) is 2.94. The van der Waals surface area contributed by atoms with Crippen molar-refractivity contribution >= 4 is 5.91 Å². The number of hydrogen-bond acceptors (Lipinski definition) is 3. The highest BCUT2D eigenvalue weighted by Gasteiger charge is 2.14. The second-order valence-corrected chi connectivity index (χ2v) is 6.83. The number of aryl methyl sites for hydroxylation is 2. The maximum atomic E-state index is 12.6. The number of nitrogens with one attached hydrogen (secondary N) is 1. The fourth-order valence-electron chi connectivity index (χ4n) is 3.29. The van der Waals surface area contributed by atoms with Gasteiger partial charge in [-0.25, -0.2) is 0 Å². The standard InChI is InChI=1S/C21H29N3O2/c1-3-24-16-19(18-7-5-17(2)6-8-18)15-20(24)21(25)22-9-4-10-23-11-13-26-14-12-23/h5-8,15-16H,3-4,9-14H2,1-2H3,(H,22,25). The van der Waals surface area contributed by atoms with Gasteiger partial charge in [0.2, 0.25) is 0 Å². The number of rotatable bonds is 7. The first-order valence-electron chi connectivity index (χ1n) is 9.53. The number of amides is 1. The molecule has 1 aromatic heterocycles. The van der Waals surface area contributed by atoms with Crippen LogP contribution in [0.25, 0.3) is 11.1 Å². The lowest BCUT2D eigenvalue weighted by molar-refractivity contribution is 0.0374. The van der Waals surface area contributed by atoms with Crippen molar-refractivity contribution in [2.75, 3.05) is 39.4 Å². The quantitative estimate of drug-likeness (QED) is 0.777. The van der Waals surface area contributed by atoms with E-state index in [-0.39, 0.29) is 5.91 Å². The van der Waals surface area contributed by atoms with Crippen LogP contribution in [0.4, 0.5) is 0 Å². The summed E-state index contributed by atoms with van der Waals surface area (Å²) in [7, 11) is 0. The molecule has 2 aromatic rings. The molecule has 140 valence electrons. The van der Waals surface area contributed by atoms with E-state index in [2.05, 4.69) is 54.5 Å². The second-order valence-electron chi connectivity index (χ2n) is 6.83. The molecule has 5 nitrogen and oxygen atoms in total. The first kappa shape index (κ1) is 18.7. The first-order valence-corrected chi connectivity index (χ1v) is 9.53. The van der Waals surface area contributed by atoms with Crippen molar-refractivity contribution < 1.29 is 9.53 Å². The SMILES string of the molecule is CCn1cc(-c2ccc(C)cc2)cc1C(=O)NCCCN1CCOCC1. The Morgan fingerprint density at radius 3 is 2.58 bits per heavy atom. The molecule has 1 aliphatic rings. The first-order chi connectivity index (χ1) is 12.7. The molecule has 0 spiro atoms. The minimum atomic E-state index is 0.00666. The fraction of sp³-hybridized carbons (Fsp3) is 0.476. The zero-order chi connectivity index (χ0) is 18.4. The summed E-state index contributed by atoms with van der Waals surface area (Å²) in [5, 5.41) is 3.07. The average molecular weight is 355 g/mol. The van der Waals surface area contributed by atoms with E-state index in [9.17, 15) is 4.79 Å². The minimum Gasteiger partial charge on any atom is -0.379 e. The van der Waals surface area contributed by atoms with Crippen LogP contribution in [0.1, 0.15) is 29.4 Å². The third kappa shape index (κ3) is 4.74. The highest BCUT2D eigenvalue weighted by molar-refractivity contribution is 5.94. The monoisotopic (exact) mass is 355 g/mol. The highest BCUT2D eigenvalue weighted by atomic mass is 16.5. The van der Waals surface area contributed by atoms with Gasteiger partial charge in [0.25, 0.3) is 5.91 Å². The van der Waals surface area contributed by atoms with Crippen LogP contribution in [-0.2, 0) is 11.3 Å². The summed E-state index contributed by atoms with van der Waals surface area (Å²) in [5.74, 6) is 0.00666. The molecule has 5 heteroatoms. The maximum Gasteiger partial charge on any atom is 0.267 e. The molecule has 0 aliphatic carbocycles. The van der Waals surface area contributed by atoms with Crippen LogP contribution in [0.3, 0.4) is 0 Å². The lowest BCUT2D eigenvalue weighted by Crippen LogP contribution is -2.38. The van der Waals surface area contributed by atoms with E-state index in [4.69, 9.17) is 4.74 Å². The molecular formula is C21H29N3O2. The molecule has 2 heterocycles. The van der Waals surface area contributed by atoms with Crippen molar-refractivity contribution in [3.05, 3.63) is 47.8 Å². The Labute approximate surface area is 156 Å². The smallest absolute Gasteiger partial charge is 0.267 e. The Balaban J connectivity index is 1.57. The van der Waals surface area contributed by atoms with Crippen molar-refractivity contribution in [1.29, 1.82) is 0 Å². The molecule has 1 aromatic carbocycles. The van der Waals surface area contributed by atoms with Gasteiger partial charge in [-0.05, 0) is 38.4 Å². The van der Waals surface area contributed by atoms with E-state index in [1.165, 1.54) is 5.56 Å². The number of ether oxygens (including phenoxy) is 1. The van der Waals surface area contributed by atoms with Gasteiger partial charge < -0.3 is 14.6 Å². The summed E-state index contributed by atoms with van der Waals surface area (Å²) in [6, 6.07) is 10.4. The van der Waals surface area contributed by atoms with E-state index < -0.39 is 0 Å². The van der Waals surface area contributed by atoms with E-state index in [1.54, 1.807) is 0 Å². The van der Waals surface area contributed by atoms with Gasteiger partial charge in [0.1, 0.15) is 5.69 Å². The number of hydrogen-bond donors (Lipinski definition) is 1. The van der Waals surface area contributed by atoms with Crippen LogP contribution in [0.5, 0.6) is 0 Å². The lowest BCUT2D eigenvalue weighted by Gasteiger charge is -2.26. The van der Waals surface area contributed by atoms with Gasteiger partial charge in [-0.1, -0.05) is 29.8 Å². The largest absolute Gasteiger partial charge is 0.379 e. The number of nitrogens with zero attached hydrogens (tertiary/aromatic N) is 2. The minimum absolute atomic E-state index is 0.00666. The maximum absolute atomic E-state index is 12.6. The summed E-state index contributed by atoms with van der Waals surface area (Å²) in [6.45, 7) is 10.3. The van der Waals surface area contributed by atoms with Crippen molar-refractivity contribution in [3.8, 4) is 11.1 Å². The lowest BCUT2D eigenvalue weighted by atomic mass is 10.1.